The lowest BCUT2D eigenvalue weighted by molar-refractivity contribution is 0.356. The average Bonchev–Trinajstić information content (AvgIpc) is 3.09. The van der Waals surface area contributed by atoms with Crippen molar-refractivity contribution in [2.75, 3.05) is 7.05 Å². The predicted molar refractivity (Wildman–Crippen MR) is 63.5 cm³/mol. The third kappa shape index (κ3) is 2.54. The van der Waals surface area contributed by atoms with Crippen LogP contribution < -0.4 is 0 Å². The van der Waals surface area contributed by atoms with Crippen LogP contribution in [0, 0.1) is 17.6 Å². The maximum atomic E-state index is 13.1. The van der Waals surface area contributed by atoms with Crippen molar-refractivity contribution in [3.05, 3.63) is 29.8 Å². The lowest BCUT2D eigenvalue weighted by atomic mass is 10.2. The van der Waals surface area contributed by atoms with Gasteiger partial charge in [-0.3, -0.25) is 0 Å². The number of rotatable bonds is 4. The Hall–Kier alpha value is -1.01. The lowest BCUT2D eigenvalue weighted by Gasteiger charge is -2.24. The maximum absolute atomic E-state index is 13.1. The summed E-state index contributed by atoms with van der Waals surface area (Å²) in [4.78, 5) is -0.338. The summed E-state index contributed by atoms with van der Waals surface area (Å²) < 4.78 is 51.7. The molecule has 1 aliphatic carbocycles. The van der Waals surface area contributed by atoms with Gasteiger partial charge in [0.05, 0.1) is 4.90 Å². The maximum Gasteiger partial charge on any atom is 0.243 e. The number of hydrogen-bond donors (Lipinski definition) is 0. The van der Waals surface area contributed by atoms with Crippen LogP contribution in [0.3, 0.4) is 0 Å². The summed E-state index contributed by atoms with van der Waals surface area (Å²) in [5, 5.41) is 0. The first-order valence-corrected chi connectivity index (χ1v) is 7.20. The van der Waals surface area contributed by atoms with Crippen LogP contribution in [0.5, 0.6) is 0 Å². The molecule has 0 N–H and O–H groups in total. The van der Waals surface area contributed by atoms with E-state index in [1.807, 2.05) is 6.92 Å². The van der Waals surface area contributed by atoms with E-state index in [0.29, 0.717) is 12.0 Å². The molecule has 0 saturated heterocycles. The topological polar surface area (TPSA) is 37.4 Å². The molecule has 0 spiro atoms. The van der Waals surface area contributed by atoms with Gasteiger partial charge in [0.25, 0.3) is 0 Å². The summed E-state index contributed by atoms with van der Waals surface area (Å²) in [6.07, 6.45) is 2.00. The molecule has 0 heterocycles. The van der Waals surface area contributed by atoms with Crippen molar-refractivity contribution in [2.24, 2.45) is 5.92 Å². The summed E-state index contributed by atoms with van der Waals surface area (Å²) in [6.45, 7) is 1.81. The Morgan fingerprint density at radius 2 is 1.72 bits per heavy atom. The fourth-order valence-electron chi connectivity index (χ4n) is 1.94. The monoisotopic (exact) mass is 275 g/mol. The fraction of sp³-hybridized carbons (Fsp3) is 0.500. The fourth-order valence-corrected chi connectivity index (χ4v) is 3.40. The van der Waals surface area contributed by atoms with E-state index in [4.69, 9.17) is 0 Å². The van der Waals surface area contributed by atoms with Crippen LogP contribution in [0.2, 0.25) is 0 Å². The summed E-state index contributed by atoms with van der Waals surface area (Å²) >= 11 is 0. The molecule has 1 saturated carbocycles. The standard InChI is InChI=1S/C12H15F2NO2S/c1-8(9-3-4-9)15(2)18(16,17)12-6-10(13)5-11(14)7-12/h5-9H,3-4H2,1-2H3. The third-order valence-corrected chi connectivity index (χ3v) is 5.31. The van der Waals surface area contributed by atoms with E-state index in [2.05, 4.69) is 0 Å². The number of halogens is 2. The Balaban J connectivity index is 2.34. The van der Waals surface area contributed by atoms with Crippen molar-refractivity contribution < 1.29 is 17.2 Å². The van der Waals surface area contributed by atoms with Gasteiger partial charge in [-0.05, 0) is 37.8 Å². The molecule has 3 nitrogen and oxygen atoms in total. The van der Waals surface area contributed by atoms with E-state index in [1.54, 1.807) is 0 Å². The van der Waals surface area contributed by atoms with Gasteiger partial charge in [-0.1, -0.05) is 0 Å². The second-order valence-corrected chi connectivity index (χ2v) is 6.70. The molecule has 1 atom stereocenters. The second-order valence-electron chi connectivity index (χ2n) is 4.70. The van der Waals surface area contributed by atoms with Crippen molar-refractivity contribution in [1.29, 1.82) is 0 Å². The van der Waals surface area contributed by atoms with Crippen LogP contribution in [0.1, 0.15) is 19.8 Å². The van der Waals surface area contributed by atoms with Crippen molar-refractivity contribution >= 4 is 10.0 Å². The Kier molecular flexibility index (Phi) is 3.42. The number of nitrogens with zero attached hydrogens (tertiary/aromatic N) is 1. The van der Waals surface area contributed by atoms with Crippen LogP contribution in [0.25, 0.3) is 0 Å². The van der Waals surface area contributed by atoms with Gasteiger partial charge in [-0.2, -0.15) is 4.31 Å². The molecule has 0 aromatic heterocycles. The van der Waals surface area contributed by atoms with Crippen molar-refractivity contribution in [2.45, 2.75) is 30.7 Å². The SMILES string of the molecule is CC(C1CC1)N(C)S(=O)(=O)c1cc(F)cc(F)c1. The molecule has 0 amide bonds. The Bertz CT molecular complexity index is 535. The van der Waals surface area contributed by atoms with Crippen molar-refractivity contribution in [1.82, 2.24) is 4.31 Å². The summed E-state index contributed by atoms with van der Waals surface area (Å²) in [5.41, 5.74) is 0. The van der Waals surface area contributed by atoms with Gasteiger partial charge in [-0.25, -0.2) is 17.2 Å². The highest BCUT2D eigenvalue weighted by Gasteiger charge is 2.36. The zero-order chi connectivity index (χ0) is 13.5. The highest BCUT2D eigenvalue weighted by molar-refractivity contribution is 7.89. The molecule has 0 aliphatic heterocycles. The van der Waals surface area contributed by atoms with Gasteiger partial charge < -0.3 is 0 Å². The average molecular weight is 275 g/mol. The zero-order valence-corrected chi connectivity index (χ0v) is 11.0. The molecular formula is C12H15F2NO2S. The molecule has 6 heteroatoms. The molecular weight excluding hydrogens is 260 g/mol. The number of sulfonamides is 1. The van der Waals surface area contributed by atoms with Gasteiger partial charge in [0.1, 0.15) is 11.6 Å². The van der Waals surface area contributed by atoms with E-state index < -0.39 is 21.7 Å². The smallest absolute Gasteiger partial charge is 0.207 e. The van der Waals surface area contributed by atoms with Crippen molar-refractivity contribution in [3.63, 3.8) is 0 Å². The van der Waals surface area contributed by atoms with Gasteiger partial charge in [0.2, 0.25) is 10.0 Å². The molecule has 0 radical (unpaired) electrons. The summed E-state index contributed by atoms with van der Waals surface area (Å²) in [6, 6.07) is 2.19. The highest BCUT2D eigenvalue weighted by atomic mass is 32.2. The lowest BCUT2D eigenvalue weighted by Crippen LogP contribution is -2.36. The summed E-state index contributed by atoms with van der Waals surface area (Å²) in [5.74, 6) is -1.43. The third-order valence-electron chi connectivity index (χ3n) is 3.39. The minimum atomic E-state index is -3.83. The first kappa shape index (κ1) is 13.4. The van der Waals surface area contributed by atoms with Crippen LogP contribution in [-0.4, -0.2) is 25.8 Å². The number of hydrogen-bond acceptors (Lipinski definition) is 2. The predicted octanol–water partition coefficient (Wildman–Crippen LogP) is 2.38. The van der Waals surface area contributed by atoms with E-state index >= 15 is 0 Å². The zero-order valence-electron chi connectivity index (χ0n) is 10.2. The van der Waals surface area contributed by atoms with Crippen molar-refractivity contribution in [3.8, 4) is 0 Å². The van der Waals surface area contributed by atoms with Crippen LogP contribution in [0.4, 0.5) is 8.78 Å². The first-order valence-electron chi connectivity index (χ1n) is 5.76. The van der Waals surface area contributed by atoms with E-state index in [0.717, 1.165) is 25.0 Å². The molecule has 1 aliphatic rings. The highest BCUT2D eigenvalue weighted by Crippen LogP contribution is 2.36. The van der Waals surface area contributed by atoms with Gasteiger partial charge in [0, 0.05) is 19.2 Å². The minimum absolute atomic E-state index is 0.152. The van der Waals surface area contributed by atoms with Crippen LogP contribution >= 0.6 is 0 Å². The van der Waals surface area contributed by atoms with Gasteiger partial charge in [0.15, 0.2) is 0 Å². The molecule has 1 aromatic rings. The Labute approximate surface area is 105 Å². The largest absolute Gasteiger partial charge is 0.243 e. The Morgan fingerprint density at radius 3 is 2.17 bits per heavy atom. The number of benzene rings is 1. The molecule has 2 rings (SSSR count). The normalized spacial score (nSPS) is 18.1. The molecule has 18 heavy (non-hydrogen) atoms. The van der Waals surface area contributed by atoms with Crippen LogP contribution in [0.15, 0.2) is 23.1 Å². The molecule has 1 aromatic carbocycles. The first-order chi connectivity index (χ1) is 8.32. The Morgan fingerprint density at radius 1 is 1.22 bits per heavy atom. The molecule has 1 fully saturated rings. The van der Waals surface area contributed by atoms with E-state index in [9.17, 15) is 17.2 Å². The van der Waals surface area contributed by atoms with E-state index in [1.165, 1.54) is 11.4 Å². The molecule has 100 valence electrons. The van der Waals surface area contributed by atoms with E-state index in [-0.39, 0.29) is 10.9 Å². The molecule has 1 unspecified atom stereocenters. The van der Waals surface area contributed by atoms with Gasteiger partial charge >= 0.3 is 0 Å². The van der Waals surface area contributed by atoms with Gasteiger partial charge in [-0.15, -0.1) is 0 Å². The second kappa shape index (κ2) is 4.59. The quantitative estimate of drug-likeness (QED) is 0.846. The summed E-state index contributed by atoms with van der Waals surface area (Å²) in [7, 11) is -2.39. The van der Waals surface area contributed by atoms with Crippen LogP contribution in [-0.2, 0) is 10.0 Å². The molecule has 0 bridgehead atoms. The minimum Gasteiger partial charge on any atom is -0.207 e.